The van der Waals surface area contributed by atoms with Gasteiger partial charge in [0.1, 0.15) is 18.4 Å². The lowest BCUT2D eigenvalue weighted by molar-refractivity contribution is -0.116. The molecular weight excluding hydrogens is 173 g/mol. The van der Waals surface area contributed by atoms with Gasteiger partial charge in [0.2, 0.25) is 0 Å². The zero-order valence-corrected chi connectivity index (χ0v) is 7.29. The van der Waals surface area contributed by atoms with Gasteiger partial charge in [0.25, 0.3) is 0 Å². The SMILES string of the molecule is C=O.CC(=O)Cc1ncccc1F. The van der Waals surface area contributed by atoms with E-state index in [1.807, 2.05) is 6.79 Å². The van der Waals surface area contributed by atoms with Crippen molar-refractivity contribution in [1.82, 2.24) is 4.98 Å². The van der Waals surface area contributed by atoms with Gasteiger partial charge in [0.05, 0.1) is 12.1 Å². The average Bonchev–Trinajstić information content (AvgIpc) is 2.12. The third-order valence-electron chi connectivity index (χ3n) is 1.25. The number of Topliss-reactive ketones (excluding diaryl/α,β-unsaturated/α-hetero) is 1. The highest BCUT2D eigenvalue weighted by Crippen LogP contribution is 2.02. The Bertz CT molecular complexity index is 289. The number of carbonyl (C=O) groups is 2. The maximum absolute atomic E-state index is 12.7. The average molecular weight is 183 g/mol. The molecule has 0 fully saturated rings. The molecule has 0 spiro atoms. The minimum absolute atomic E-state index is 0.0761. The molecule has 0 aliphatic heterocycles. The van der Waals surface area contributed by atoms with Gasteiger partial charge in [0.15, 0.2) is 0 Å². The van der Waals surface area contributed by atoms with Crippen molar-refractivity contribution in [3.05, 3.63) is 29.8 Å². The van der Waals surface area contributed by atoms with E-state index < -0.39 is 5.82 Å². The molecule has 1 aromatic heterocycles. The van der Waals surface area contributed by atoms with Crippen molar-refractivity contribution < 1.29 is 14.0 Å². The van der Waals surface area contributed by atoms with E-state index in [1.165, 1.54) is 25.3 Å². The first kappa shape index (κ1) is 11.4. The van der Waals surface area contributed by atoms with Crippen LogP contribution < -0.4 is 0 Å². The second-order valence-electron chi connectivity index (χ2n) is 2.31. The van der Waals surface area contributed by atoms with Gasteiger partial charge in [-0.3, -0.25) is 9.78 Å². The number of carbonyl (C=O) groups excluding carboxylic acids is 2. The molecule has 0 N–H and O–H groups in total. The monoisotopic (exact) mass is 183 g/mol. The predicted molar refractivity (Wildman–Crippen MR) is 45.7 cm³/mol. The molecule has 0 bridgehead atoms. The van der Waals surface area contributed by atoms with E-state index >= 15 is 0 Å². The summed E-state index contributed by atoms with van der Waals surface area (Å²) in [5.74, 6) is -0.495. The van der Waals surface area contributed by atoms with Crippen LogP contribution in [-0.4, -0.2) is 17.6 Å². The highest BCUT2D eigenvalue weighted by atomic mass is 19.1. The van der Waals surface area contributed by atoms with Crippen molar-refractivity contribution in [2.45, 2.75) is 13.3 Å². The van der Waals surface area contributed by atoms with Gasteiger partial charge in [-0.25, -0.2) is 4.39 Å². The number of halogens is 1. The third-order valence-corrected chi connectivity index (χ3v) is 1.25. The Kier molecular flexibility index (Phi) is 5.27. The fraction of sp³-hybridized carbons (Fsp3) is 0.222. The van der Waals surface area contributed by atoms with Crippen molar-refractivity contribution in [2.24, 2.45) is 0 Å². The molecule has 1 heterocycles. The Hall–Kier alpha value is -1.58. The largest absolute Gasteiger partial charge is 0.307 e. The Morgan fingerprint density at radius 1 is 1.62 bits per heavy atom. The maximum Gasteiger partial charge on any atom is 0.145 e. The summed E-state index contributed by atoms with van der Waals surface area (Å²) in [4.78, 5) is 22.3. The van der Waals surface area contributed by atoms with Gasteiger partial charge in [0, 0.05) is 6.20 Å². The molecule has 0 radical (unpaired) electrons. The first-order chi connectivity index (χ1) is 6.20. The van der Waals surface area contributed by atoms with Crippen LogP contribution in [0.5, 0.6) is 0 Å². The molecule has 3 nitrogen and oxygen atoms in total. The second kappa shape index (κ2) is 5.99. The number of aromatic nitrogens is 1. The molecule has 0 amide bonds. The first-order valence-electron chi connectivity index (χ1n) is 3.58. The van der Waals surface area contributed by atoms with Crippen LogP contribution in [0.25, 0.3) is 0 Å². The minimum Gasteiger partial charge on any atom is -0.307 e. The highest BCUT2D eigenvalue weighted by molar-refractivity contribution is 5.77. The first-order valence-corrected chi connectivity index (χ1v) is 3.58. The second-order valence-corrected chi connectivity index (χ2v) is 2.31. The predicted octanol–water partition coefficient (Wildman–Crippen LogP) is 1.17. The van der Waals surface area contributed by atoms with Crippen molar-refractivity contribution in [2.75, 3.05) is 0 Å². The van der Waals surface area contributed by atoms with E-state index in [1.54, 1.807) is 0 Å². The lowest BCUT2D eigenvalue weighted by Gasteiger charge is -1.96. The highest BCUT2D eigenvalue weighted by Gasteiger charge is 2.03. The van der Waals surface area contributed by atoms with Crippen LogP contribution in [0.1, 0.15) is 12.6 Å². The van der Waals surface area contributed by atoms with E-state index in [0.29, 0.717) is 0 Å². The molecule has 0 saturated carbocycles. The molecule has 13 heavy (non-hydrogen) atoms. The number of pyridine rings is 1. The van der Waals surface area contributed by atoms with Crippen LogP contribution >= 0.6 is 0 Å². The summed E-state index contributed by atoms with van der Waals surface area (Å²) in [6.07, 6.45) is 1.55. The minimum atomic E-state index is -0.414. The van der Waals surface area contributed by atoms with Gasteiger partial charge >= 0.3 is 0 Å². The zero-order valence-electron chi connectivity index (χ0n) is 7.29. The summed E-state index contributed by atoms with van der Waals surface area (Å²) in [7, 11) is 0. The van der Waals surface area contributed by atoms with E-state index in [4.69, 9.17) is 4.79 Å². The van der Waals surface area contributed by atoms with Crippen molar-refractivity contribution in [1.29, 1.82) is 0 Å². The number of hydrogen-bond acceptors (Lipinski definition) is 3. The van der Waals surface area contributed by atoms with Crippen molar-refractivity contribution in [3.8, 4) is 0 Å². The summed E-state index contributed by atoms with van der Waals surface area (Å²) >= 11 is 0. The number of ketones is 1. The molecule has 1 rings (SSSR count). The summed E-state index contributed by atoms with van der Waals surface area (Å²) in [6, 6.07) is 2.80. The Balaban J connectivity index is 0.000000671. The van der Waals surface area contributed by atoms with Crippen LogP contribution in [-0.2, 0) is 16.0 Å². The van der Waals surface area contributed by atoms with Gasteiger partial charge in [-0.1, -0.05) is 0 Å². The van der Waals surface area contributed by atoms with Gasteiger partial charge in [-0.05, 0) is 19.1 Å². The van der Waals surface area contributed by atoms with Gasteiger partial charge in [-0.2, -0.15) is 0 Å². The molecule has 0 saturated heterocycles. The molecule has 0 aromatic carbocycles. The molecule has 0 aliphatic rings. The smallest absolute Gasteiger partial charge is 0.145 e. The summed E-state index contributed by atoms with van der Waals surface area (Å²) in [6.45, 7) is 3.41. The summed E-state index contributed by atoms with van der Waals surface area (Å²) < 4.78 is 12.7. The fourth-order valence-corrected chi connectivity index (χ4v) is 0.784. The molecule has 0 atom stereocenters. The number of rotatable bonds is 2. The van der Waals surface area contributed by atoms with E-state index in [-0.39, 0.29) is 17.9 Å². The van der Waals surface area contributed by atoms with Crippen LogP contribution in [0.2, 0.25) is 0 Å². The quantitative estimate of drug-likeness (QED) is 0.691. The van der Waals surface area contributed by atoms with Gasteiger partial charge in [-0.15, -0.1) is 0 Å². The van der Waals surface area contributed by atoms with Crippen LogP contribution in [0, 0.1) is 5.82 Å². The number of hydrogen-bond donors (Lipinski definition) is 0. The molecule has 0 unspecified atom stereocenters. The lowest BCUT2D eigenvalue weighted by Crippen LogP contribution is -2.01. The van der Waals surface area contributed by atoms with E-state index in [0.717, 1.165) is 0 Å². The van der Waals surface area contributed by atoms with Crippen LogP contribution in [0.3, 0.4) is 0 Å². The van der Waals surface area contributed by atoms with E-state index in [2.05, 4.69) is 4.98 Å². The van der Waals surface area contributed by atoms with E-state index in [9.17, 15) is 9.18 Å². The molecular formula is C9H10FNO2. The summed E-state index contributed by atoms with van der Waals surface area (Å²) in [5, 5.41) is 0. The molecule has 0 aliphatic carbocycles. The molecule has 70 valence electrons. The molecule has 1 aromatic rings. The Morgan fingerprint density at radius 3 is 2.69 bits per heavy atom. The normalized spacial score (nSPS) is 8.46. The Labute approximate surface area is 75.6 Å². The van der Waals surface area contributed by atoms with Gasteiger partial charge < -0.3 is 4.79 Å². The third kappa shape index (κ3) is 4.10. The van der Waals surface area contributed by atoms with Crippen molar-refractivity contribution >= 4 is 12.6 Å². The zero-order chi connectivity index (χ0) is 10.3. The molecule has 4 heteroatoms. The van der Waals surface area contributed by atoms with Crippen molar-refractivity contribution in [3.63, 3.8) is 0 Å². The maximum atomic E-state index is 12.7. The Morgan fingerprint density at radius 2 is 2.23 bits per heavy atom. The van der Waals surface area contributed by atoms with Crippen LogP contribution in [0.15, 0.2) is 18.3 Å². The summed E-state index contributed by atoms with van der Waals surface area (Å²) in [5.41, 5.74) is 0.222. The fourth-order valence-electron chi connectivity index (χ4n) is 0.784. The number of nitrogens with zero attached hydrogens (tertiary/aromatic N) is 1. The van der Waals surface area contributed by atoms with Crippen LogP contribution in [0.4, 0.5) is 4.39 Å². The standard InChI is InChI=1S/C8H8FNO.CH2O/c1-6(11)5-8-7(9)3-2-4-10-8;1-2/h2-4H,5H2,1H3;1H2. The lowest BCUT2D eigenvalue weighted by atomic mass is 10.2. The topological polar surface area (TPSA) is 47.0 Å².